The molecule has 0 radical (unpaired) electrons. The SMILES string of the molecule is O=C1C=CC(F)=C(F)CO1. The van der Waals surface area contributed by atoms with Gasteiger partial charge in [-0.3, -0.25) is 0 Å². The summed E-state index contributed by atoms with van der Waals surface area (Å²) in [6.45, 7) is -0.613. The van der Waals surface area contributed by atoms with E-state index in [-0.39, 0.29) is 0 Å². The van der Waals surface area contributed by atoms with E-state index < -0.39 is 24.2 Å². The first kappa shape index (κ1) is 6.92. The molecule has 10 heavy (non-hydrogen) atoms. The number of carbonyl (C=O) groups excluding carboxylic acids is 1. The van der Waals surface area contributed by atoms with E-state index >= 15 is 0 Å². The van der Waals surface area contributed by atoms with Crippen LogP contribution in [0.3, 0.4) is 0 Å². The van der Waals surface area contributed by atoms with Crippen LogP contribution < -0.4 is 0 Å². The van der Waals surface area contributed by atoms with E-state index in [0.29, 0.717) is 0 Å². The van der Waals surface area contributed by atoms with Gasteiger partial charge in [-0.15, -0.1) is 0 Å². The maximum absolute atomic E-state index is 12.2. The summed E-state index contributed by atoms with van der Waals surface area (Å²) in [5.74, 6) is -2.84. The smallest absolute Gasteiger partial charge is 0.331 e. The third-order valence-electron chi connectivity index (χ3n) is 0.966. The Morgan fingerprint density at radius 2 is 2.10 bits per heavy atom. The third kappa shape index (κ3) is 1.40. The molecule has 4 heteroatoms. The van der Waals surface area contributed by atoms with Crippen molar-refractivity contribution in [2.75, 3.05) is 6.61 Å². The Morgan fingerprint density at radius 3 is 2.80 bits per heavy atom. The molecular formula is C6H4F2O2. The van der Waals surface area contributed by atoms with Crippen LogP contribution in [0.4, 0.5) is 8.78 Å². The van der Waals surface area contributed by atoms with Crippen LogP contribution in [0.5, 0.6) is 0 Å². The van der Waals surface area contributed by atoms with E-state index in [1.807, 2.05) is 0 Å². The highest BCUT2D eigenvalue weighted by atomic mass is 19.2. The standard InChI is InChI=1S/C6H4F2O2/c7-4-1-2-6(9)10-3-5(4)8/h1-2H,3H2. The first-order valence-corrected chi connectivity index (χ1v) is 2.59. The largest absolute Gasteiger partial charge is 0.455 e. The second-order valence-electron chi connectivity index (χ2n) is 1.69. The summed E-state index contributed by atoms with van der Waals surface area (Å²) in [6, 6.07) is 0. The van der Waals surface area contributed by atoms with Gasteiger partial charge in [-0.05, 0) is 6.08 Å². The minimum atomic E-state index is -1.05. The van der Waals surface area contributed by atoms with Gasteiger partial charge in [-0.2, -0.15) is 0 Å². The number of hydrogen-bond donors (Lipinski definition) is 0. The van der Waals surface area contributed by atoms with Crippen LogP contribution in [0.15, 0.2) is 23.8 Å². The molecule has 0 bridgehead atoms. The maximum atomic E-state index is 12.2. The molecule has 0 aliphatic carbocycles. The number of hydrogen-bond acceptors (Lipinski definition) is 2. The van der Waals surface area contributed by atoms with Crippen molar-refractivity contribution in [2.24, 2.45) is 0 Å². The van der Waals surface area contributed by atoms with Crippen LogP contribution in [0.25, 0.3) is 0 Å². The van der Waals surface area contributed by atoms with Gasteiger partial charge in [0.15, 0.2) is 11.7 Å². The van der Waals surface area contributed by atoms with Gasteiger partial charge < -0.3 is 4.74 Å². The summed E-state index contributed by atoms with van der Waals surface area (Å²) in [5.41, 5.74) is 0. The zero-order chi connectivity index (χ0) is 7.56. The molecular weight excluding hydrogens is 142 g/mol. The summed E-state index contributed by atoms with van der Waals surface area (Å²) in [5, 5.41) is 0. The lowest BCUT2D eigenvalue weighted by molar-refractivity contribution is -0.137. The molecule has 0 N–H and O–H groups in total. The van der Waals surface area contributed by atoms with Crippen molar-refractivity contribution in [3.8, 4) is 0 Å². The minimum absolute atomic E-state index is 0.613. The Labute approximate surface area is 55.8 Å². The van der Waals surface area contributed by atoms with Crippen molar-refractivity contribution in [3.05, 3.63) is 23.8 Å². The number of ether oxygens (including phenoxy) is 1. The Morgan fingerprint density at radius 1 is 1.40 bits per heavy atom. The number of halogens is 2. The molecule has 0 saturated carbocycles. The predicted octanol–water partition coefficient (Wildman–Crippen LogP) is 1.25. The van der Waals surface area contributed by atoms with Crippen LogP contribution >= 0.6 is 0 Å². The first-order chi connectivity index (χ1) is 4.70. The summed E-state index contributed by atoms with van der Waals surface area (Å²) in [6.07, 6.45) is 1.58. The van der Waals surface area contributed by atoms with Gasteiger partial charge >= 0.3 is 5.97 Å². The summed E-state index contributed by atoms with van der Waals surface area (Å²) < 4.78 is 28.6. The quantitative estimate of drug-likeness (QED) is 0.481. The summed E-state index contributed by atoms with van der Waals surface area (Å²) in [4.78, 5) is 10.3. The maximum Gasteiger partial charge on any atom is 0.331 e. The Bertz CT molecular complexity index is 218. The van der Waals surface area contributed by atoms with Gasteiger partial charge in [-0.25, -0.2) is 13.6 Å². The molecule has 54 valence electrons. The van der Waals surface area contributed by atoms with Crippen LogP contribution in [-0.4, -0.2) is 12.6 Å². The second-order valence-corrected chi connectivity index (χ2v) is 1.69. The molecule has 1 aliphatic heterocycles. The highest BCUT2D eigenvalue weighted by Crippen LogP contribution is 2.12. The van der Waals surface area contributed by atoms with Crippen molar-refractivity contribution in [1.29, 1.82) is 0 Å². The predicted molar refractivity (Wildman–Crippen MR) is 29.3 cm³/mol. The number of allylic oxidation sites excluding steroid dienone is 2. The Kier molecular flexibility index (Phi) is 1.80. The lowest BCUT2D eigenvalue weighted by Crippen LogP contribution is -2.00. The average Bonchev–Trinajstić information content (AvgIpc) is 2.04. The summed E-state index contributed by atoms with van der Waals surface area (Å²) >= 11 is 0. The molecule has 0 amide bonds. The van der Waals surface area contributed by atoms with E-state index in [9.17, 15) is 13.6 Å². The number of carbonyl (C=O) groups is 1. The number of rotatable bonds is 0. The van der Waals surface area contributed by atoms with Crippen LogP contribution in [0, 0.1) is 0 Å². The monoisotopic (exact) mass is 146 g/mol. The van der Waals surface area contributed by atoms with Gasteiger partial charge in [-0.1, -0.05) is 0 Å². The van der Waals surface area contributed by atoms with Crippen LogP contribution in [0.2, 0.25) is 0 Å². The van der Waals surface area contributed by atoms with Gasteiger partial charge in [0.2, 0.25) is 0 Å². The molecule has 1 rings (SSSR count). The highest BCUT2D eigenvalue weighted by Gasteiger charge is 2.10. The lowest BCUT2D eigenvalue weighted by Gasteiger charge is -1.94. The topological polar surface area (TPSA) is 26.3 Å². The molecule has 0 saturated heterocycles. The molecule has 0 spiro atoms. The van der Waals surface area contributed by atoms with E-state index in [1.54, 1.807) is 0 Å². The number of esters is 1. The van der Waals surface area contributed by atoms with Crippen molar-refractivity contribution in [3.63, 3.8) is 0 Å². The van der Waals surface area contributed by atoms with Crippen LogP contribution in [0.1, 0.15) is 0 Å². The fraction of sp³-hybridized carbons (Fsp3) is 0.167. The van der Waals surface area contributed by atoms with Gasteiger partial charge in [0.1, 0.15) is 6.61 Å². The highest BCUT2D eigenvalue weighted by molar-refractivity contribution is 5.83. The van der Waals surface area contributed by atoms with Crippen molar-refractivity contribution < 1.29 is 18.3 Å². The molecule has 0 aromatic carbocycles. The molecule has 0 fully saturated rings. The summed E-state index contributed by atoms with van der Waals surface area (Å²) in [7, 11) is 0. The fourth-order valence-corrected chi connectivity index (χ4v) is 0.483. The normalized spacial score (nSPS) is 18.8. The molecule has 1 heterocycles. The Balaban J connectivity index is 2.82. The van der Waals surface area contributed by atoms with Crippen LogP contribution in [-0.2, 0) is 9.53 Å². The fourth-order valence-electron chi connectivity index (χ4n) is 0.483. The van der Waals surface area contributed by atoms with E-state index in [0.717, 1.165) is 12.2 Å². The molecule has 2 nitrogen and oxygen atoms in total. The Hall–Kier alpha value is -1.19. The molecule has 1 aliphatic rings. The lowest BCUT2D eigenvalue weighted by atomic mass is 10.4. The van der Waals surface area contributed by atoms with Gasteiger partial charge in [0.25, 0.3) is 0 Å². The minimum Gasteiger partial charge on any atom is -0.455 e. The van der Waals surface area contributed by atoms with E-state index in [2.05, 4.69) is 4.74 Å². The van der Waals surface area contributed by atoms with Crippen molar-refractivity contribution >= 4 is 5.97 Å². The number of cyclic esters (lactones) is 1. The van der Waals surface area contributed by atoms with Gasteiger partial charge in [0.05, 0.1) is 0 Å². The van der Waals surface area contributed by atoms with E-state index in [1.165, 1.54) is 0 Å². The molecule has 0 unspecified atom stereocenters. The van der Waals surface area contributed by atoms with Crippen molar-refractivity contribution in [2.45, 2.75) is 0 Å². The third-order valence-corrected chi connectivity index (χ3v) is 0.966. The zero-order valence-electron chi connectivity index (χ0n) is 4.93. The average molecular weight is 146 g/mol. The van der Waals surface area contributed by atoms with Gasteiger partial charge in [0, 0.05) is 6.08 Å². The molecule has 0 aromatic rings. The molecule has 0 atom stereocenters. The van der Waals surface area contributed by atoms with Crippen molar-refractivity contribution in [1.82, 2.24) is 0 Å². The second kappa shape index (κ2) is 2.60. The van der Waals surface area contributed by atoms with E-state index in [4.69, 9.17) is 0 Å². The molecule has 0 aromatic heterocycles. The first-order valence-electron chi connectivity index (χ1n) is 2.59. The zero-order valence-corrected chi connectivity index (χ0v) is 4.93.